The molecule has 0 bridgehead atoms. The van der Waals surface area contributed by atoms with Crippen molar-refractivity contribution in [2.24, 2.45) is 11.5 Å². The number of aliphatic hydroxyl groups is 2. The Morgan fingerprint density at radius 3 is 1.23 bits per heavy atom. The van der Waals surface area contributed by atoms with Crippen molar-refractivity contribution >= 4 is 0 Å². The zero-order valence-corrected chi connectivity index (χ0v) is 8.28. The quantitative estimate of drug-likeness (QED) is 0.214. The van der Waals surface area contributed by atoms with Gasteiger partial charge in [-0.3, -0.25) is 0 Å². The molecule has 0 aliphatic heterocycles. The van der Waals surface area contributed by atoms with Crippen LogP contribution in [-0.2, 0) is 0 Å². The van der Waals surface area contributed by atoms with Crippen LogP contribution < -0.4 is 36.5 Å². The fraction of sp³-hybridized carbons (Fsp3) is 0.800. The molecule has 8 heteroatoms. The van der Waals surface area contributed by atoms with Crippen LogP contribution in [0.5, 0.6) is 0 Å². The van der Waals surface area contributed by atoms with Crippen molar-refractivity contribution in [1.82, 2.24) is 6.15 Å². The normalized spacial score (nSPS) is 17.1. The molecule has 1 radical (unpaired) electrons. The van der Waals surface area contributed by atoms with Gasteiger partial charge in [0.2, 0.25) is 0 Å². The van der Waals surface area contributed by atoms with E-state index in [0.717, 1.165) is 6.42 Å². The fourth-order valence-electron chi connectivity index (χ4n) is 0.592. The SMILES string of the molecule is CC(N)(O)[CH]C(C)(N)O.N.O.[Li+].[OH-]. The van der Waals surface area contributed by atoms with E-state index in [0.29, 0.717) is 0 Å². The van der Waals surface area contributed by atoms with Gasteiger partial charge in [-0.05, 0) is 13.8 Å². The van der Waals surface area contributed by atoms with E-state index in [9.17, 15) is 0 Å². The summed E-state index contributed by atoms with van der Waals surface area (Å²) in [5.41, 5.74) is 7.13. The predicted molar refractivity (Wildman–Crippen MR) is 44.5 cm³/mol. The molecule has 0 aliphatic carbocycles. The summed E-state index contributed by atoms with van der Waals surface area (Å²) in [6.07, 6.45) is 1.04. The van der Waals surface area contributed by atoms with Crippen LogP contribution in [0, 0.1) is 6.42 Å². The van der Waals surface area contributed by atoms with E-state index in [4.69, 9.17) is 21.7 Å². The zero-order valence-electron chi connectivity index (χ0n) is 8.28. The summed E-state index contributed by atoms with van der Waals surface area (Å²) in [6, 6.07) is 0. The summed E-state index contributed by atoms with van der Waals surface area (Å²) < 4.78 is 0. The van der Waals surface area contributed by atoms with Crippen molar-refractivity contribution in [2.45, 2.75) is 25.3 Å². The van der Waals surface area contributed by atoms with Gasteiger partial charge < -0.3 is 38.8 Å². The molecule has 0 aliphatic rings. The van der Waals surface area contributed by atoms with Crippen LogP contribution in [0.3, 0.4) is 0 Å². The Labute approximate surface area is 89.9 Å². The van der Waals surface area contributed by atoms with E-state index in [-0.39, 0.29) is 36.0 Å². The summed E-state index contributed by atoms with van der Waals surface area (Å²) in [5.74, 6) is 0. The second-order valence-electron chi connectivity index (χ2n) is 2.60. The minimum atomic E-state index is -1.52. The molecule has 7 nitrogen and oxygen atoms in total. The second kappa shape index (κ2) is 8.90. The van der Waals surface area contributed by atoms with Crippen molar-refractivity contribution in [1.29, 1.82) is 0 Å². The van der Waals surface area contributed by atoms with E-state index >= 15 is 0 Å². The first kappa shape index (κ1) is 29.2. The average Bonchev–Trinajstić information content (AvgIpc) is 1.14. The van der Waals surface area contributed by atoms with Crippen LogP contribution in [-0.4, -0.2) is 32.6 Å². The van der Waals surface area contributed by atoms with Crippen molar-refractivity contribution in [3.63, 3.8) is 0 Å². The number of hydrogen-bond donors (Lipinski definition) is 5. The van der Waals surface area contributed by atoms with Gasteiger partial charge in [0.05, 0.1) is 6.42 Å². The topological polar surface area (TPSA) is 189 Å². The zero-order chi connectivity index (χ0) is 7.71. The van der Waals surface area contributed by atoms with Crippen LogP contribution in [0.15, 0.2) is 0 Å². The third-order valence-corrected chi connectivity index (χ3v) is 0.584. The smallest absolute Gasteiger partial charge is 0.870 e. The molecule has 13 heavy (non-hydrogen) atoms. The molecule has 2 unspecified atom stereocenters. The minimum Gasteiger partial charge on any atom is -0.870 e. The number of hydrogen-bond acceptors (Lipinski definition) is 6. The number of rotatable bonds is 2. The van der Waals surface area contributed by atoms with E-state index < -0.39 is 11.4 Å². The van der Waals surface area contributed by atoms with Crippen LogP contribution in [0.1, 0.15) is 13.8 Å². The van der Waals surface area contributed by atoms with Gasteiger partial charge in [0.15, 0.2) is 0 Å². The third-order valence-electron chi connectivity index (χ3n) is 0.584. The van der Waals surface area contributed by atoms with Crippen LogP contribution in [0.25, 0.3) is 0 Å². The van der Waals surface area contributed by atoms with Crippen molar-refractivity contribution < 1.29 is 40.0 Å². The third kappa shape index (κ3) is 32.9. The summed E-state index contributed by atoms with van der Waals surface area (Å²) in [6.45, 7) is 2.66. The van der Waals surface area contributed by atoms with Crippen molar-refractivity contribution in [2.75, 3.05) is 0 Å². The summed E-state index contributed by atoms with van der Waals surface area (Å²) >= 11 is 0. The largest absolute Gasteiger partial charge is 1.00 e. The summed E-state index contributed by atoms with van der Waals surface area (Å²) in [4.78, 5) is 0. The Morgan fingerprint density at radius 1 is 1.08 bits per heavy atom. The molecule has 0 rings (SSSR count). The molecule has 0 aromatic carbocycles. The van der Waals surface area contributed by atoms with E-state index in [1.165, 1.54) is 13.8 Å². The molecular weight excluding hydrogens is 173 g/mol. The Kier molecular flexibility index (Phi) is 20.0. The van der Waals surface area contributed by atoms with Gasteiger partial charge in [0.25, 0.3) is 0 Å². The van der Waals surface area contributed by atoms with Gasteiger partial charge in [-0.2, -0.15) is 0 Å². The molecule has 0 spiro atoms. The Balaban J connectivity index is -0.0000000533. The molecule has 0 amide bonds. The van der Waals surface area contributed by atoms with E-state index in [1.54, 1.807) is 0 Å². The Bertz CT molecular complexity index is 88.9. The number of nitrogens with two attached hydrogens (primary N) is 2. The molecule has 0 saturated heterocycles. The van der Waals surface area contributed by atoms with Gasteiger partial charge in [-0.15, -0.1) is 0 Å². The fourth-order valence-corrected chi connectivity index (χ4v) is 0.592. The first-order valence-electron chi connectivity index (χ1n) is 2.60. The Morgan fingerprint density at radius 2 is 1.23 bits per heavy atom. The second-order valence-corrected chi connectivity index (χ2v) is 2.60. The van der Waals surface area contributed by atoms with Gasteiger partial charge in [0, 0.05) is 0 Å². The molecule has 2 atom stereocenters. The first-order valence-corrected chi connectivity index (χ1v) is 2.60. The van der Waals surface area contributed by atoms with Gasteiger partial charge >= 0.3 is 18.9 Å². The average molecular weight is 192 g/mol. The molecule has 0 fully saturated rings. The maximum Gasteiger partial charge on any atom is 1.00 e. The van der Waals surface area contributed by atoms with Gasteiger partial charge in [0.1, 0.15) is 11.4 Å². The summed E-state index contributed by atoms with van der Waals surface area (Å²) in [7, 11) is 0. The van der Waals surface area contributed by atoms with E-state index in [1.807, 2.05) is 0 Å². The van der Waals surface area contributed by atoms with Crippen LogP contribution >= 0.6 is 0 Å². The molecule has 79 valence electrons. The van der Waals surface area contributed by atoms with Crippen LogP contribution in [0.2, 0.25) is 0 Å². The summed E-state index contributed by atoms with van der Waals surface area (Å²) in [5, 5.41) is 17.7. The standard InChI is InChI=1S/C5H13N2O2.Li.H3N.2H2O/c1-4(6,8)3-5(2,7)9;;;;/h3,8-9H,6-7H2,1-2H3;;1H3;2*1H2/q;+1;;;/p-1. The Hall–Kier alpha value is 0.317. The maximum absolute atomic E-state index is 8.84. The maximum atomic E-state index is 8.84. The molecule has 0 saturated carbocycles. The molecular formula is C5H19LiN3O4. The van der Waals surface area contributed by atoms with E-state index in [2.05, 4.69) is 0 Å². The monoisotopic (exact) mass is 192 g/mol. The van der Waals surface area contributed by atoms with Crippen molar-refractivity contribution in [3.8, 4) is 0 Å². The van der Waals surface area contributed by atoms with Gasteiger partial charge in [-0.25, -0.2) is 0 Å². The van der Waals surface area contributed by atoms with Gasteiger partial charge in [-0.1, -0.05) is 0 Å². The molecule has 0 aromatic heterocycles. The predicted octanol–water partition coefficient (Wildman–Crippen LogP) is -5.31. The molecule has 0 heterocycles. The first-order chi connectivity index (χ1) is 3.71. The van der Waals surface area contributed by atoms with Crippen LogP contribution in [0.4, 0.5) is 0 Å². The molecule has 0 aromatic rings. The minimum absolute atomic E-state index is 0. The molecule has 12 N–H and O–H groups in total. The van der Waals surface area contributed by atoms with Crippen molar-refractivity contribution in [3.05, 3.63) is 6.42 Å².